The highest BCUT2D eigenvalue weighted by atomic mass is 127. The zero-order valence-electron chi connectivity index (χ0n) is 12.9. The summed E-state index contributed by atoms with van der Waals surface area (Å²) in [4.78, 5) is 8.91. The maximum absolute atomic E-state index is 5.77. The van der Waals surface area contributed by atoms with Crippen LogP contribution in [0.15, 0.2) is 10.4 Å². The lowest BCUT2D eigenvalue weighted by Crippen LogP contribution is -2.33. The summed E-state index contributed by atoms with van der Waals surface area (Å²) >= 11 is 1.73. The number of nitrogens with two attached hydrogens (primary N) is 1. The Morgan fingerprint density at radius 1 is 1.45 bits per heavy atom. The van der Waals surface area contributed by atoms with E-state index in [0.717, 1.165) is 38.0 Å². The molecule has 0 aliphatic carbocycles. The first-order valence-electron chi connectivity index (χ1n) is 6.92. The summed E-state index contributed by atoms with van der Waals surface area (Å²) in [7, 11) is 0. The van der Waals surface area contributed by atoms with E-state index < -0.39 is 0 Å². The molecule has 0 aliphatic heterocycles. The van der Waals surface area contributed by atoms with Gasteiger partial charge in [0.1, 0.15) is 0 Å². The third-order valence-electron chi connectivity index (χ3n) is 2.67. The number of aromatic nitrogens is 1. The molecule has 0 saturated heterocycles. The van der Waals surface area contributed by atoms with Crippen LogP contribution >= 0.6 is 35.3 Å². The minimum atomic E-state index is 0. The number of nitrogens with one attached hydrogen (secondary N) is 1. The lowest BCUT2D eigenvalue weighted by atomic mass is 9.98. The van der Waals surface area contributed by atoms with Crippen LogP contribution in [0.3, 0.4) is 0 Å². The molecular weight excluding hydrogens is 383 g/mol. The van der Waals surface area contributed by atoms with Gasteiger partial charge in [0.05, 0.1) is 10.7 Å². The third-order valence-corrected chi connectivity index (χ3v) is 3.99. The Morgan fingerprint density at radius 2 is 2.15 bits per heavy atom. The smallest absolute Gasteiger partial charge is 0.188 e. The molecule has 6 heteroatoms. The van der Waals surface area contributed by atoms with Gasteiger partial charge >= 0.3 is 0 Å². The summed E-state index contributed by atoms with van der Waals surface area (Å²) < 4.78 is 0. The largest absolute Gasteiger partial charge is 0.370 e. The second-order valence-electron chi connectivity index (χ2n) is 5.69. The van der Waals surface area contributed by atoms with Crippen molar-refractivity contribution in [3.8, 4) is 0 Å². The summed E-state index contributed by atoms with van der Waals surface area (Å²) in [5.74, 6) is 0.541. The number of unbranched alkanes of at least 4 members (excludes halogenated alkanes) is 1. The third kappa shape index (κ3) is 7.42. The van der Waals surface area contributed by atoms with Crippen LogP contribution in [-0.4, -0.2) is 24.0 Å². The van der Waals surface area contributed by atoms with E-state index in [0.29, 0.717) is 5.96 Å². The molecule has 0 saturated carbocycles. The zero-order valence-corrected chi connectivity index (χ0v) is 16.0. The van der Waals surface area contributed by atoms with Crippen LogP contribution in [0, 0.1) is 0 Å². The second kappa shape index (κ2) is 9.55. The molecule has 0 unspecified atom stereocenters. The number of hydrogen-bond acceptors (Lipinski definition) is 3. The molecule has 0 radical (unpaired) electrons. The summed E-state index contributed by atoms with van der Waals surface area (Å²) in [6, 6.07) is 0. The van der Waals surface area contributed by atoms with E-state index >= 15 is 0 Å². The Kier molecular flexibility index (Phi) is 9.37. The topological polar surface area (TPSA) is 63.3 Å². The second-order valence-corrected chi connectivity index (χ2v) is 6.55. The summed E-state index contributed by atoms with van der Waals surface area (Å²) in [5.41, 5.74) is 7.04. The number of hydrogen-bond donors (Lipinski definition) is 2. The van der Waals surface area contributed by atoms with Crippen molar-refractivity contribution in [3.63, 3.8) is 0 Å². The Morgan fingerprint density at radius 3 is 2.70 bits per heavy atom. The molecule has 1 aromatic rings. The maximum atomic E-state index is 5.77. The van der Waals surface area contributed by atoms with Gasteiger partial charge in [0, 0.05) is 30.3 Å². The van der Waals surface area contributed by atoms with E-state index in [4.69, 9.17) is 5.73 Å². The SMILES string of the molecule is CCCCN=C(N)NCCc1csc(C(C)(C)C)n1.I. The van der Waals surface area contributed by atoms with Gasteiger partial charge in [0.15, 0.2) is 5.96 Å². The highest BCUT2D eigenvalue weighted by Gasteiger charge is 2.17. The Labute approximate surface area is 143 Å². The molecule has 0 fully saturated rings. The predicted octanol–water partition coefficient (Wildman–Crippen LogP) is 3.31. The Hall–Kier alpha value is -0.370. The predicted molar refractivity (Wildman–Crippen MR) is 99.3 cm³/mol. The lowest BCUT2D eigenvalue weighted by Gasteiger charge is -2.13. The highest BCUT2D eigenvalue weighted by molar-refractivity contribution is 14.0. The van der Waals surface area contributed by atoms with E-state index in [1.165, 1.54) is 5.01 Å². The van der Waals surface area contributed by atoms with Gasteiger partial charge in [-0.1, -0.05) is 34.1 Å². The molecule has 3 N–H and O–H groups in total. The fraction of sp³-hybridized carbons (Fsp3) is 0.714. The van der Waals surface area contributed by atoms with Gasteiger partial charge in [0.25, 0.3) is 0 Å². The van der Waals surface area contributed by atoms with Crippen LogP contribution in [0.25, 0.3) is 0 Å². The molecule has 20 heavy (non-hydrogen) atoms. The van der Waals surface area contributed by atoms with E-state index in [-0.39, 0.29) is 29.4 Å². The maximum Gasteiger partial charge on any atom is 0.188 e. The van der Waals surface area contributed by atoms with Gasteiger partial charge in [-0.2, -0.15) is 0 Å². The monoisotopic (exact) mass is 410 g/mol. The zero-order chi connectivity index (χ0) is 14.3. The molecule has 0 bridgehead atoms. The van der Waals surface area contributed by atoms with Crippen LogP contribution in [0.4, 0.5) is 0 Å². The fourth-order valence-electron chi connectivity index (χ4n) is 1.50. The van der Waals surface area contributed by atoms with Gasteiger partial charge in [-0.3, -0.25) is 4.99 Å². The number of thiazole rings is 1. The van der Waals surface area contributed by atoms with Gasteiger partial charge in [-0.05, 0) is 6.42 Å². The molecule has 0 aromatic carbocycles. The summed E-state index contributed by atoms with van der Waals surface area (Å²) in [6.45, 7) is 10.3. The molecule has 0 atom stereocenters. The number of rotatable bonds is 6. The Balaban J connectivity index is 0.00000361. The quantitative estimate of drug-likeness (QED) is 0.327. The highest BCUT2D eigenvalue weighted by Crippen LogP contribution is 2.25. The van der Waals surface area contributed by atoms with Crippen molar-refractivity contribution in [2.45, 2.75) is 52.4 Å². The average molecular weight is 410 g/mol. The minimum absolute atomic E-state index is 0. The molecule has 0 amide bonds. The molecule has 1 rings (SSSR count). The number of guanidine groups is 1. The van der Waals surface area contributed by atoms with Crippen molar-refractivity contribution in [1.82, 2.24) is 10.3 Å². The normalized spacial score (nSPS) is 12.1. The van der Waals surface area contributed by atoms with Crippen molar-refractivity contribution in [1.29, 1.82) is 0 Å². The Bertz CT molecular complexity index is 410. The van der Waals surface area contributed by atoms with Crippen LogP contribution in [0.2, 0.25) is 0 Å². The van der Waals surface area contributed by atoms with E-state index in [9.17, 15) is 0 Å². The summed E-state index contributed by atoms with van der Waals surface area (Å²) in [6.07, 6.45) is 3.12. The van der Waals surface area contributed by atoms with Crippen LogP contribution in [-0.2, 0) is 11.8 Å². The number of aliphatic imine (C=N–C) groups is 1. The van der Waals surface area contributed by atoms with E-state index in [1.54, 1.807) is 11.3 Å². The fourth-order valence-corrected chi connectivity index (χ4v) is 2.44. The van der Waals surface area contributed by atoms with Gasteiger partial charge in [-0.25, -0.2) is 4.98 Å². The van der Waals surface area contributed by atoms with E-state index in [1.807, 2.05) is 0 Å². The summed E-state index contributed by atoms with van der Waals surface area (Å²) in [5, 5.41) is 6.45. The molecule has 0 aliphatic rings. The lowest BCUT2D eigenvalue weighted by molar-refractivity contribution is 0.582. The average Bonchev–Trinajstić information content (AvgIpc) is 2.78. The molecule has 116 valence electrons. The van der Waals surface area contributed by atoms with Crippen LogP contribution < -0.4 is 11.1 Å². The first kappa shape index (κ1) is 19.6. The first-order valence-corrected chi connectivity index (χ1v) is 7.80. The molecule has 4 nitrogen and oxygen atoms in total. The molecule has 1 aromatic heterocycles. The van der Waals surface area contributed by atoms with Gasteiger partial charge < -0.3 is 11.1 Å². The van der Waals surface area contributed by atoms with Gasteiger partial charge in [-0.15, -0.1) is 35.3 Å². The van der Waals surface area contributed by atoms with Crippen LogP contribution in [0.5, 0.6) is 0 Å². The van der Waals surface area contributed by atoms with Crippen molar-refractivity contribution in [2.24, 2.45) is 10.7 Å². The standard InChI is InChI=1S/C14H26N4S.HI/c1-5-6-8-16-13(15)17-9-7-11-10-19-12(18-11)14(2,3)4;/h10H,5-9H2,1-4H3,(H3,15,16,17);1H. The van der Waals surface area contributed by atoms with Gasteiger partial charge in [0.2, 0.25) is 0 Å². The van der Waals surface area contributed by atoms with Crippen molar-refractivity contribution < 1.29 is 0 Å². The van der Waals surface area contributed by atoms with Crippen molar-refractivity contribution in [3.05, 3.63) is 16.1 Å². The van der Waals surface area contributed by atoms with Crippen molar-refractivity contribution in [2.75, 3.05) is 13.1 Å². The van der Waals surface area contributed by atoms with Crippen LogP contribution in [0.1, 0.15) is 51.2 Å². The first-order chi connectivity index (χ1) is 8.93. The molecular formula is C14H27IN4S. The van der Waals surface area contributed by atoms with Crippen molar-refractivity contribution >= 4 is 41.3 Å². The molecule has 0 spiro atoms. The minimum Gasteiger partial charge on any atom is -0.370 e. The number of nitrogens with zero attached hydrogens (tertiary/aromatic N) is 2. The number of halogens is 1. The molecule has 1 heterocycles. The van der Waals surface area contributed by atoms with E-state index in [2.05, 4.69) is 48.4 Å².